The van der Waals surface area contributed by atoms with Crippen molar-refractivity contribution in [2.24, 2.45) is 4.36 Å². The van der Waals surface area contributed by atoms with E-state index in [-0.39, 0.29) is 24.7 Å². The zero-order valence-corrected chi connectivity index (χ0v) is 23.5. The van der Waals surface area contributed by atoms with Crippen molar-refractivity contribution < 1.29 is 32.0 Å². The van der Waals surface area contributed by atoms with Crippen LogP contribution >= 0.6 is 23.2 Å². The second-order valence-electron chi connectivity index (χ2n) is 9.41. The third-order valence-electron chi connectivity index (χ3n) is 6.64. The van der Waals surface area contributed by atoms with Gasteiger partial charge in [0.05, 0.1) is 36.3 Å². The van der Waals surface area contributed by atoms with Gasteiger partial charge < -0.3 is 19.1 Å². The largest absolute Gasteiger partial charge is 0.573 e. The number of nitrogens with zero attached hydrogens (tertiary/aromatic N) is 2. The zero-order chi connectivity index (χ0) is 28.7. The van der Waals surface area contributed by atoms with E-state index < -0.39 is 40.2 Å². The number of nitrogens with one attached hydrogen (secondary N) is 1. The van der Waals surface area contributed by atoms with Gasteiger partial charge in [0.1, 0.15) is 15.7 Å². The Kier molecular flexibility index (Phi) is 8.24. The van der Waals surface area contributed by atoms with Crippen LogP contribution in [0.2, 0.25) is 10.0 Å². The average Bonchev–Trinajstić information content (AvgIpc) is 3.20. The van der Waals surface area contributed by atoms with Crippen LogP contribution in [0.3, 0.4) is 0 Å². The number of ether oxygens (including phenoxy) is 2. The van der Waals surface area contributed by atoms with E-state index in [4.69, 9.17) is 27.9 Å². The molecule has 1 unspecified atom stereocenters. The standard InChI is InChI=1S/C27H26Cl2F3N3O4S/c1-2-11-33-40(37,19-7-5-18(6-8-19)39-27(30,31)32)34-22-14-38-15-25(26(22)36)35-23-9-3-16(28)12-20(23)21-13-17(29)4-10-24(21)35/h3-10,12-13,22,25-26,36H,2,11,14-15H2,1H3,(H,33,34,37)/t22-,25+,26-,40?/m0/s1. The summed E-state index contributed by atoms with van der Waals surface area (Å²) in [6, 6.07) is 14.2. The van der Waals surface area contributed by atoms with E-state index >= 15 is 0 Å². The van der Waals surface area contributed by atoms with Crippen LogP contribution in [-0.4, -0.2) is 52.1 Å². The molecule has 1 aromatic heterocycles. The van der Waals surface area contributed by atoms with Gasteiger partial charge in [0.15, 0.2) is 0 Å². The van der Waals surface area contributed by atoms with Crippen LogP contribution in [0.4, 0.5) is 13.2 Å². The zero-order valence-electron chi connectivity index (χ0n) is 21.2. The summed E-state index contributed by atoms with van der Waals surface area (Å²) in [6.45, 7) is 2.31. The molecular formula is C27H26Cl2F3N3O4S. The first-order valence-electron chi connectivity index (χ1n) is 12.5. The third kappa shape index (κ3) is 5.90. The summed E-state index contributed by atoms with van der Waals surface area (Å²) in [6.07, 6.45) is -5.33. The lowest BCUT2D eigenvalue weighted by Gasteiger charge is -2.37. The molecule has 0 spiro atoms. The molecule has 2 N–H and O–H groups in total. The van der Waals surface area contributed by atoms with Gasteiger partial charge >= 0.3 is 6.36 Å². The minimum Gasteiger partial charge on any atom is -0.406 e. The minimum atomic E-state index is -4.85. The molecule has 0 amide bonds. The first-order valence-corrected chi connectivity index (χ1v) is 14.8. The molecule has 0 saturated carbocycles. The van der Waals surface area contributed by atoms with Crippen LogP contribution in [0.1, 0.15) is 19.4 Å². The molecule has 214 valence electrons. The Balaban J connectivity index is 1.50. The summed E-state index contributed by atoms with van der Waals surface area (Å²) in [7, 11) is -3.36. The summed E-state index contributed by atoms with van der Waals surface area (Å²) in [5, 5.41) is 14.4. The van der Waals surface area contributed by atoms with E-state index in [0.29, 0.717) is 16.5 Å². The first kappa shape index (κ1) is 29.0. The number of halogens is 5. The Morgan fingerprint density at radius 2 is 1.65 bits per heavy atom. The summed E-state index contributed by atoms with van der Waals surface area (Å²) in [4.78, 5) is 0.158. The van der Waals surface area contributed by atoms with Crippen LogP contribution in [-0.2, 0) is 14.7 Å². The van der Waals surface area contributed by atoms with Gasteiger partial charge in [0.2, 0.25) is 0 Å². The summed E-state index contributed by atoms with van der Waals surface area (Å²) in [5.41, 5.74) is 1.62. The van der Waals surface area contributed by atoms with Crippen LogP contribution in [0.15, 0.2) is 69.9 Å². The molecular weight excluding hydrogens is 590 g/mol. The summed E-state index contributed by atoms with van der Waals surface area (Å²) >= 11 is 12.6. The predicted molar refractivity (Wildman–Crippen MR) is 149 cm³/mol. The highest BCUT2D eigenvalue weighted by molar-refractivity contribution is 7.91. The van der Waals surface area contributed by atoms with Crippen molar-refractivity contribution in [3.8, 4) is 5.75 Å². The van der Waals surface area contributed by atoms with E-state index in [1.807, 2.05) is 35.8 Å². The van der Waals surface area contributed by atoms with Gasteiger partial charge in [-0.2, -0.15) is 0 Å². The molecule has 0 bridgehead atoms. The molecule has 3 aromatic carbocycles. The molecule has 0 radical (unpaired) electrons. The number of rotatable bonds is 7. The quantitative estimate of drug-likeness (QED) is 0.241. The molecule has 1 fully saturated rings. The van der Waals surface area contributed by atoms with Crippen LogP contribution in [0.25, 0.3) is 21.8 Å². The highest BCUT2D eigenvalue weighted by Gasteiger charge is 2.37. The minimum absolute atomic E-state index is 0.0420. The molecule has 4 atom stereocenters. The Morgan fingerprint density at radius 1 is 1.05 bits per heavy atom. The molecule has 0 aliphatic carbocycles. The monoisotopic (exact) mass is 615 g/mol. The van der Waals surface area contributed by atoms with E-state index in [1.165, 1.54) is 12.1 Å². The molecule has 5 rings (SSSR count). The number of aliphatic hydroxyl groups excluding tert-OH is 1. The highest BCUT2D eigenvalue weighted by Crippen LogP contribution is 2.37. The Bertz CT molecular complexity index is 1590. The molecule has 4 aromatic rings. The molecule has 2 heterocycles. The van der Waals surface area contributed by atoms with Gasteiger partial charge in [-0.15, -0.1) is 13.2 Å². The van der Waals surface area contributed by atoms with Crippen LogP contribution in [0.5, 0.6) is 5.75 Å². The van der Waals surface area contributed by atoms with Gasteiger partial charge in [-0.1, -0.05) is 30.1 Å². The van der Waals surface area contributed by atoms with Crippen molar-refractivity contribution >= 4 is 54.9 Å². The maximum absolute atomic E-state index is 14.1. The van der Waals surface area contributed by atoms with Crippen molar-refractivity contribution in [3.63, 3.8) is 0 Å². The fourth-order valence-corrected chi connectivity index (χ4v) is 7.16. The first-order chi connectivity index (χ1) is 19.0. The molecule has 13 heteroatoms. The second kappa shape index (κ2) is 11.4. The number of hydrogen-bond donors (Lipinski definition) is 2. The van der Waals surface area contributed by atoms with Gasteiger partial charge in [0.25, 0.3) is 0 Å². The number of aromatic nitrogens is 1. The highest BCUT2D eigenvalue weighted by atomic mass is 35.5. The van der Waals surface area contributed by atoms with Gasteiger partial charge in [-0.25, -0.2) is 13.3 Å². The fourth-order valence-electron chi connectivity index (χ4n) is 4.90. The Morgan fingerprint density at radius 3 is 2.20 bits per heavy atom. The lowest BCUT2D eigenvalue weighted by Crippen LogP contribution is -2.53. The number of benzene rings is 3. The third-order valence-corrected chi connectivity index (χ3v) is 9.18. The smallest absolute Gasteiger partial charge is 0.406 e. The molecule has 1 aliphatic rings. The van der Waals surface area contributed by atoms with Gasteiger partial charge in [0, 0.05) is 38.4 Å². The van der Waals surface area contributed by atoms with E-state index in [9.17, 15) is 22.5 Å². The van der Waals surface area contributed by atoms with Crippen LogP contribution in [0, 0.1) is 0 Å². The topological polar surface area (TPSA) is 85.1 Å². The number of aliphatic hydroxyl groups is 1. The van der Waals surface area contributed by atoms with Crippen molar-refractivity contribution in [2.45, 2.75) is 42.8 Å². The maximum Gasteiger partial charge on any atom is 0.573 e. The predicted octanol–water partition coefficient (Wildman–Crippen LogP) is 6.74. The van der Waals surface area contributed by atoms with Gasteiger partial charge in [-0.3, -0.25) is 0 Å². The fraction of sp³-hybridized carbons (Fsp3) is 0.333. The number of alkyl halides is 3. The van der Waals surface area contributed by atoms with Crippen molar-refractivity contribution in [2.75, 3.05) is 19.8 Å². The van der Waals surface area contributed by atoms with E-state index in [0.717, 1.165) is 33.9 Å². The maximum atomic E-state index is 14.1. The van der Waals surface area contributed by atoms with Gasteiger partial charge in [-0.05, 0) is 67.1 Å². The lowest BCUT2D eigenvalue weighted by atomic mass is 10.0. The molecule has 1 aliphatic heterocycles. The normalized spacial score (nSPS) is 21.4. The Hall–Kier alpha value is -2.54. The van der Waals surface area contributed by atoms with Crippen molar-refractivity contribution in [1.29, 1.82) is 0 Å². The summed E-state index contributed by atoms with van der Waals surface area (Å²) < 4.78 is 71.0. The number of fused-ring (bicyclic) bond motifs is 3. The molecule has 40 heavy (non-hydrogen) atoms. The van der Waals surface area contributed by atoms with E-state index in [2.05, 4.69) is 13.8 Å². The van der Waals surface area contributed by atoms with Crippen molar-refractivity contribution in [1.82, 2.24) is 9.29 Å². The average molecular weight is 616 g/mol. The SMILES string of the molecule is CCCN=S(=O)(N[C@H]1COC[C@@H](n2c3ccc(Cl)cc3c3cc(Cl)ccc32)[C@H]1O)c1ccc(OC(F)(F)F)cc1. The lowest BCUT2D eigenvalue weighted by molar-refractivity contribution is -0.274. The van der Waals surface area contributed by atoms with Crippen molar-refractivity contribution in [3.05, 3.63) is 70.7 Å². The molecule has 7 nitrogen and oxygen atoms in total. The number of hydrogen-bond acceptors (Lipinski definition) is 5. The van der Waals surface area contributed by atoms with E-state index in [1.54, 1.807) is 12.1 Å². The Labute approximate surface area is 239 Å². The van der Waals surface area contributed by atoms with Crippen LogP contribution < -0.4 is 9.46 Å². The molecule has 1 saturated heterocycles. The second-order valence-corrected chi connectivity index (χ2v) is 12.3. The summed E-state index contributed by atoms with van der Waals surface area (Å²) in [5.74, 6) is -0.443.